The second kappa shape index (κ2) is 11.0. The van der Waals surface area contributed by atoms with Gasteiger partial charge in [-0.15, -0.1) is 12.4 Å². The van der Waals surface area contributed by atoms with Gasteiger partial charge in [-0.1, -0.05) is 29.3 Å². The van der Waals surface area contributed by atoms with Crippen LogP contribution in [0.3, 0.4) is 0 Å². The number of hydrogen-bond acceptors (Lipinski definition) is 5. The van der Waals surface area contributed by atoms with Crippen molar-refractivity contribution in [1.29, 1.82) is 0 Å². The zero-order chi connectivity index (χ0) is 24.6. The number of carbonyl (C=O) groups excluding carboxylic acids is 2. The van der Waals surface area contributed by atoms with Crippen LogP contribution in [-0.4, -0.2) is 46.8 Å². The molecule has 9 heteroatoms. The van der Waals surface area contributed by atoms with E-state index in [0.29, 0.717) is 5.56 Å². The summed E-state index contributed by atoms with van der Waals surface area (Å²) in [6, 6.07) is 9.21. The van der Waals surface area contributed by atoms with Crippen LogP contribution in [0, 0.1) is 5.92 Å². The highest BCUT2D eigenvalue weighted by Gasteiger charge is 2.28. The molecule has 1 aromatic heterocycles. The molecular formula is C26H28Cl3N3O3. The lowest BCUT2D eigenvalue weighted by Crippen LogP contribution is -2.35. The number of rotatable bonds is 5. The minimum Gasteiger partial charge on any atom is -0.505 e. The van der Waals surface area contributed by atoms with Crippen molar-refractivity contribution in [2.45, 2.75) is 38.6 Å². The number of benzene rings is 2. The Kier molecular flexibility index (Phi) is 8.52. The predicted octanol–water partition coefficient (Wildman–Crippen LogP) is 6.60. The monoisotopic (exact) mass is 535 g/mol. The maximum atomic E-state index is 12.5. The Morgan fingerprint density at radius 1 is 1.03 bits per heavy atom. The van der Waals surface area contributed by atoms with Crippen molar-refractivity contribution < 1.29 is 14.7 Å². The molecule has 2 aromatic carbocycles. The molecule has 0 bridgehead atoms. The standard InChI is InChI=1S/C26H27Cl2N3O3.ClH/c1-14(32)20-13-29-23-9-6-16(17-11-21(27)25(33)22(28)12-17)10-19(23)24(20)30-18-7-4-15(5-8-18)26(34)31(2)3;/h6,9-13,15,18,33H,4-5,7-8H2,1-3H3,(H,29,30);1H. The molecule has 0 spiro atoms. The molecule has 0 saturated heterocycles. The number of Topliss-reactive ketones (excluding diaryl/α,β-unsaturated/α-hetero) is 1. The molecule has 1 fully saturated rings. The number of aromatic nitrogens is 1. The van der Waals surface area contributed by atoms with Gasteiger partial charge in [0.05, 0.1) is 26.8 Å². The van der Waals surface area contributed by atoms with Gasteiger partial charge in [0, 0.05) is 37.6 Å². The van der Waals surface area contributed by atoms with Crippen molar-refractivity contribution in [3.63, 3.8) is 0 Å². The number of nitrogens with one attached hydrogen (secondary N) is 1. The summed E-state index contributed by atoms with van der Waals surface area (Å²) in [5, 5.41) is 14.7. The number of fused-ring (bicyclic) bond motifs is 1. The molecule has 2 N–H and O–H groups in total. The van der Waals surface area contributed by atoms with Crippen molar-refractivity contribution in [3.8, 4) is 16.9 Å². The summed E-state index contributed by atoms with van der Waals surface area (Å²) in [5.74, 6) is -0.00758. The maximum Gasteiger partial charge on any atom is 0.225 e. The van der Waals surface area contributed by atoms with E-state index in [-0.39, 0.29) is 51.9 Å². The molecular weight excluding hydrogens is 509 g/mol. The maximum absolute atomic E-state index is 12.5. The zero-order valence-electron chi connectivity index (χ0n) is 19.8. The van der Waals surface area contributed by atoms with Gasteiger partial charge in [0.25, 0.3) is 0 Å². The number of phenols is 1. The smallest absolute Gasteiger partial charge is 0.225 e. The summed E-state index contributed by atoms with van der Waals surface area (Å²) >= 11 is 12.3. The van der Waals surface area contributed by atoms with Crippen molar-refractivity contribution in [3.05, 3.63) is 52.1 Å². The SMILES string of the molecule is CC(=O)c1cnc2ccc(-c3cc(Cl)c(O)c(Cl)c3)cc2c1NC1CCC(C(=O)N(C)C)CC1.Cl. The van der Waals surface area contributed by atoms with Crippen LogP contribution in [0.25, 0.3) is 22.0 Å². The van der Waals surface area contributed by atoms with E-state index in [0.717, 1.165) is 53.4 Å². The fourth-order valence-electron chi connectivity index (χ4n) is 4.58. The Morgan fingerprint density at radius 2 is 1.66 bits per heavy atom. The summed E-state index contributed by atoms with van der Waals surface area (Å²) in [4.78, 5) is 30.9. The van der Waals surface area contributed by atoms with Crippen LogP contribution in [0.2, 0.25) is 10.0 Å². The summed E-state index contributed by atoms with van der Waals surface area (Å²) in [6.07, 6.45) is 4.91. The quantitative estimate of drug-likeness (QED) is 0.359. The Labute approximate surface area is 221 Å². The molecule has 1 aliphatic rings. The number of nitrogens with zero attached hydrogens (tertiary/aromatic N) is 2. The van der Waals surface area contributed by atoms with E-state index >= 15 is 0 Å². The molecule has 0 atom stereocenters. The van der Waals surface area contributed by atoms with Crippen LogP contribution >= 0.6 is 35.6 Å². The van der Waals surface area contributed by atoms with Crippen LogP contribution in [0.4, 0.5) is 5.69 Å². The van der Waals surface area contributed by atoms with Crippen LogP contribution in [0.1, 0.15) is 43.0 Å². The fourth-order valence-corrected chi connectivity index (χ4v) is 5.07. The average molecular weight is 537 g/mol. The summed E-state index contributed by atoms with van der Waals surface area (Å²) in [7, 11) is 3.59. The van der Waals surface area contributed by atoms with Gasteiger partial charge >= 0.3 is 0 Å². The summed E-state index contributed by atoms with van der Waals surface area (Å²) in [5.41, 5.74) is 3.61. The van der Waals surface area contributed by atoms with E-state index in [2.05, 4.69) is 10.3 Å². The second-order valence-electron chi connectivity index (χ2n) is 9.05. The lowest BCUT2D eigenvalue weighted by molar-refractivity contribution is -0.133. The molecule has 3 aromatic rings. The van der Waals surface area contributed by atoms with Gasteiger partial charge < -0.3 is 15.3 Å². The Bertz CT molecular complexity index is 1250. The number of anilines is 1. The van der Waals surface area contributed by atoms with Crippen molar-refractivity contribution in [2.24, 2.45) is 5.92 Å². The molecule has 1 aliphatic carbocycles. The predicted molar refractivity (Wildman–Crippen MR) is 144 cm³/mol. The molecule has 35 heavy (non-hydrogen) atoms. The number of phenolic OH excluding ortho intramolecular Hbond substituents is 1. The number of pyridine rings is 1. The molecule has 4 rings (SSSR count). The number of halogens is 3. The normalized spacial score (nSPS) is 17.5. The Hall–Kier alpha value is -2.54. The van der Waals surface area contributed by atoms with E-state index in [1.54, 1.807) is 37.3 Å². The first-order valence-corrected chi connectivity index (χ1v) is 12.0. The van der Waals surface area contributed by atoms with Gasteiger partial charge in [0.1, 0.15) is 0 Å². The molecule has 186 valence electrons. The Morgan fingerprint density at radius 3 is 2.23 bits per heavy atom. The summed E-state index contributed by atoms with van der Waals surface area (Å²) in [6.45, 7) is 1.53. The third-order valence-corrected chi connectivity index (χ3v) is 7.04. The highest BCUT2D eigenvalue weighted by atomic mass is 35.5. The van der Waals surface area contributed by atoms with Crippen molar-refractivity contribution in [2.75, 3.05) is 19.4 Å². The highest BCUT2D eigenvalue weighted by molar-refractivity contribution is 6.37. The Balaban J connectivity index is 0.00000342. The minimum atomic E-state index is -0.154. The van der Waals surface area contributed by atoms with Gasteiger partial charge in [-0.25, -0.2) is 0 Å². The lowest BCUT2D eigenvalue weighted by Gasteiger charge is -2.31. The molecule has 0 aliphatic heterocycles. The molecule has 0 radical (unpaired) electrons. The van der Waals surface area contributed by atoms with E-state index in [1.165, 1.54) is 6.92 Å². The summed E-state index contributed by atoms with van der Waals surface area (Å²) < 4.78 is 0. The van der Waals surface area contributed by atoms with Gasteiger partial charge in [-0.3, -0.25) is 14.6 Å². The second-order valence-corrected chi connectivity index (χ2v) is 9.86. The first-order valence-electron chi connectivity index (χ1n) is 11.3. The number of hydrogen-bond donors (Lipinski definition) is 2. The fraction of sp³-hybridized carbons (Fsp3) is 0.346. The average Bonchev–Trinajstić information content (AvgIpc) is 2.81. The van der Waals surface area contributed by atoms with Gasteiger partial charge in [-0.05, 0) is 68.0 Å². The third kappa shape index (κ3) is 5.66. The van der Waals surface area contributed by atoms with Crippen LogP contribution in [0.15, 0.2) is 36.5 Å². The highest BCUT2D eigenvalue weighted by Crippen LogP contribution is 2.38. The topological polar surface area (TPSA) is 82.5 Å². The van der Waals surface area contributed by atoms with Crippen LogP contribution in [-0.2, 0) is 4.79 Å². The van der Waals surface area contributed by atoms with Gasteiger partial charge in [0.15, 0.2) is 11.5 Å². The number of ketones is 1. The van der Waals surface area contributed by atoms with E-state index in [4.69, 9.17) is 23.2 Å². The molecule has 0 unspecified atom stereocenters. The largest absolute Gasteiger partial charge is 0.505 e. The zero-order valence-corrected chi connectivity index (χ0v) is 22.1. The van der Waals surface area contributed by atoms with Crippen LogP contribution in [0.5, 0.6) is 5.75 Å². The van der Waals surface area contributed by atoms with Gasteiger partial charge in [-0.2, -0.15) is 0 Å². The van der Waals surface area contributed by atoms with E-state index < -0.39 is 0 Å². The molecule has 6 nitrogen and oxygen atoms in total. The first-order chi connectivity index (χ1) is 16.2. The van der Waals surface area contributed by atoms with E-state index in [9.17, 15) is 14.7 Å². The number of amides is 1. The van der Waals surface area contributed by atoms with Crippen molar-refractivity contribution >= 4 is 63.9 Å². The lowest BCUT2D eigenvalue weighted by atomic mass is 9.85. The van der Waals surface area contributed by atoms with E-state index in [1.807, 2.05) is 18.2 Å². The molecule has 1 saturated carbocycles. The number of carbonyl (C=O) groups is 2. The molecule has 1 heterocycles. The van der Waals surface area contributed by atoms with Gasteiger partial charge in [0.2, 0.25) is 5.91 Å². The van der Waals surface area contributed by atoms with Crippen LogP contribution < -0.4 is 5.32 Å². The minimum absolute atomic E-state index is 0. The van der Waals surface area contributed by atoms with Crippen molar-refractivity contribution in [1.82, 2.24) is 9.88 Å². The molecule has 1 amide bonds. The first kappa shape index (κ1) is 27.1. The number of aromatic hydroxyl groups is 1. The third-order valence-electron chi connectivity index (χ3n) is 6.46.